The Morgan fingerprint density at radius 2 is 1.33 bits per heavy atom. The first-order valence-electron chi connectivity index (χ1n) is 5.16. The molecule has 2 aromatic heterocycles. The van der Waals surface area contributed by atoms with E-state index in [4.69, 9.17) is 0 Å². The van der Waals surface area contributed by atoms with Crippen LogP contribution in [0.5, 0.6) is 0 Å². The summed E-state index contributed by atoms with van der Waals surface area (Å²) in [6, 6.07) is 4.14. The summed E-state index contributed by atoms with van der Waals surface area (Å²) in [6.45, 7) is 4.28. The van der Waals surface area contributed by atoms with Crippen molar-refractivity contribution in [2.24, 2.45) is 0 Å². The van der Waals surface area contributed by atoms with E-state index in [-0.39, 0.29) is 0 Å². The Morgan fingerprint density at radius 3 is 1.80 bits per heavy atom. The highest BCUT2D eigenvalue weighted by Crippen LogP contribution is 2.36. The summed E-state index contributed by atoms with van der Waals surface area (Å²) in [5.41, 5.74) is 7.47. The van der Waals surface area contributed by atoms with Crippen LogP contribution in [0.2, 0.25) is 0 Å². The highest BCUT2D eigenvalue weighted by molar-refractivity contribution is 5.72. The van der Waals surface area contributed by atoms with Crippen molar-refractivity contribution in [1.82, 2.24) is 9.97 Å². The molecule has 0 saturated heterocycles. The zero-order valence-corrected chi connectivity index (χ0v) is 8.91. The molecule has 0 unspecified atom stereocenters. The van der Waals surface area contributed by atoms with Crippen molar-refractivity contribution >= 4 is 0 Å². The van der Waals surface area contributed by atoms with Gasteiger partial charge in [0, 0.05) is 18.8 Å². The van der Waals surface area contributed by atoms with E-state index in [9.17, 15) is 0 Å². The van der Waals surface area contributed by atoms with Crippen molar-refractivity contribution in [2.45, 2.75) is 20.3 Å². The van der Waals surface area contributed by atoms with Crippen LogP contribution in [0.1, 0.15) is 22.3 Å². The summed E-state index contributed by atoms with van der Waals surface area (Å²) >= 11 is 0. The molecular formula is C13H12N2. The highest BCUT2D eigenvalue weighted by atomic mass is 14.8. The number of pyridine rings is 2. The second-order valence-corrected chi connectivity index (χ2v) is 4.09. The van der Waals surface area contributed by atoms with Crippen LogP contribution in [0, 0.1) is 13.8 Å². The summed E-state index contributed by atoms with van der Waals surface area (Å²) in [5.74, 6) is 0. The maximum Gasteiger partial charge on any atom is 0.0927 e. The van der Waals surface area contributed by atoms with Crippen molar-refractivity contribution in [1.29, 1.82) is 0 Å². The monoisotopic (exact) mass is 196 g/mol. The SMILES string of the molecule is Cc1ccnc2c1Cc1c(C)ccnc1-2. The van der Waals surface area contributed by atoms with Gasteiger partial charge in [0.15, 0.2) is 0 Å². The predicted molar refractivity (Wildman–Crippen MR) is 59.7 cm³/mol. The van der Waals surface area contributed by atoms with E-state index in [1.807, 2.05) is 12.4 Å². The van der Waals surface area contributed by atoms with Gasteiger partial charge >= 0.3 is 0 Å². The third kappa shape index (κ3) is 1.11. The molecule has 3 rings (SSSR count). The Kier molecular flexibility index (Phi) is 1.66. The summed E-state index contributed by atoms with van der Waals surface area (Å²) in [5, 5.41) is 0. The molecule has 1 aliphatic carbocycles. The Labute approximate surface area is 89.0 Å². The Bertz CT molecular complexity index is 495. The molecule has 2 nitrogen and oxygen atoms in total. The first kappa shape index (κ1) is 8.60. The van der Waals surface area contributed by atoms with E-state index >= 15 is 0 Å². The third-order valence-electron chi connectivity index (χ3n) is 3.16. The number of aromatic nitrogens is 2. The molecule has 74 valence electrons. The average Bonchev–Trinajstić information content (AvgIpc) is 2.60. The fourth-order valence-electron chi connectivity index (χ4n) is 2.21. The molecule has 0 aliphatic heterocycles. The van der Waals surface area contributed by atoms with Gasteiger partial charge in [-0.25, -0.2) is 0 Å². The normalized spacial score (nSPS) is 12.4. The van der Waals surface area contributed by atoms with Crippen LogP contribution in [0.4, 0.5) is 0 Å². The molecule has 2 aromatic rings. The zero-order chi connectivity index (χ0) is 10.4. The number of hydrogen-bond acceptors (Lipinski definition) is 2. The van der Waals surface area contributed by atoms with Gasteiger partial charge in [-0.2, -0.15) is 0 Å². The van der Waals surface area contributed by atoms with Gasteiger partial charge in [-0.1, -0.05) is 0 Å². The van der Waals surface area contributed by atoms with Crippen LogP contribution >= 0.6 is 0 Å². The van der Waals surface area contributed by atoms with Crippen LogP contribution in [-0.4, -0.2) is 9.97 Å². The number of hydrogen-bond donors (Lipinski definition) is 0. The van der Waals surface area contributed by atoms with E-state index in [1.54, 1.807) is 0 Å². The Morgan fingerprint density at radius 1 is 0.867 bits per heavy atom. The lowest BCUT2D eigenvalue weighted by Crippen LogP contribution is -1.88. The maximum atomic E-state index is 4.44. The molecule has 1 aliphatic rings. The fraction of sp³-hybridized carbons (Fsp3) is 0.231. The van der Waals surface area contributed by atoms with Gasteiger partial charge < -0.3 is 0 Å². The zero-order valence-electron chi connectivity index (χ0n) is 8.91. The lowest BCUT2D eigenvalue weighted by molar-refractivity contribution is 1.16. The number of nitrogens with zero attached hydrogens (tertiary/aromatic N) is 2. The minimum atomic E-state index is 0.990. The summed E-state index contributed by atoms with van der Waals surface area (Å²) in [4.78, 5) is 8.88. The van der Waals surface area contributed by atoms with Gasteiger partial charge in [0.25, 0.3) is 0 Å². The standard InChI is InChI=1S/C13H12N2/c1-8-3-5-14-12-10(8)7-11-9(2)4-6-15-13(11)12/h3-6H,7H2,1-2H3. The van der Waals surface area contributed by atoms with Crippen molar-refractivity contribution in [3.05, 3.63) is 46.8 Å². The first-order chi connectivity index (χ1) is 7.27. The molecule has 0 aromatic carbocycles. The molecular weight excluding hydrogens is 184 g/mol. The summed E-state index contributed by atoms with van der Waals surface area (Å²) in [7, 11) is 0. The van der Waals surface area contributed by atoms with E-state index in [0.717, 1.165) is 17.8 Å². The van der Waals surface area contributed by atoms with E-state index in [1.165, 1.54) is 22.3 Å². The molecule has 2 heteroatoms. The molecule has 0 amide bonds. The van der Waals surface area contributed by atoms with Crippen LogP contribution in [0.3, 0.4) is 0 Å². The van der Waals surface area contributed by atoms with Crippen LogP contribution in [0.15, 0.2) is 24.5 Å². The molecule has 0 N–H and O–H groups in total. The van der Waals surface area contributed by atoms with Crippen molar-refractivity contribution in [3.63, 3.8) is 0 Å². The Hall–Kier alpha value is -1.70. The van der Waals surface area contributed by atoms with E-state index < -0.39 is 0 Å². The van der Waals surface area contributed by atoms with Gasteiger partial charge in [0.05, 0.1) is 11.4 Å². The quantitative estimate of drug-likeness (QED) is 0.552. The van der Waals surface area contributed by atoms with Crippen LogP contribution < -0.4 is 0 Å². The number of fused-ring (bicyclic) bond motifs is 3. The summed E-state index contributed by atoms with van der Waals surface area (Å²) in [6.07, 6.45) is 4.73. The Balaban J connectivity index is 2.33. The second-order valence-electron chi connectivity index (χ2n) is 4.09. The smallest absolute Gasteiger partial charge is 0.0927 e. The average molecular weight is 196 g/mol. The lowest BCUT2D eigenvalue weighted by Gasteiger charge is -2.00. The minimum Gasteiger partial charge on any atom is -0.254 e. The topological polar surface area (TPSA) is 25.8 Å². The van der Waals surface area contributed by atoms with Gasteiger partial charge in [-0.05, 0) is 48.2 Å². The number of rotatable bonds is 0. The minimum absolute atomic E-state index is 0.990. The first-order valence-corrected chi connectivity index (χ1v) is 5.16. The largest absolute Gasteiger partial charge is 0.254 e. The maximum absolute atomic E-state index is 4.44. The van der Waals surface area contributed by atoms with Gasteiger partial charge in [0.2, 0.25) is 0 Å². The van der Waals surface area contributed by atoms with Crippen LogP contribution in [0.25, 0.3) is 11.4 Å². The molecule has 0 atom stereocenters. The predicted octanol–water partition coefficient (Wildman–Crippen LogP) is 2.66. The molecule has 0 bridgehead atoms. The fourth-order valence-corrected chi connectivity index (χ4v) is 2.21. The van der Waals surface area contributed by atoms with Gasteiger partial charge in [0.1, 0.15) is 0 Å². The molecule has 0 radical (unpaired) electrons. The van der Waals surface area contributed by atoms with Crippen LogP contribution in [-0.2, 0) is 6.42 Å². The van der Waals surface area contributed by atoms with Crippen molar-refractivity contribution in [2.75, 3.05) is 0 Å². The van der Waals surface area contributed by atoms with E-state index in [0.29, 0.717) is 0 Å². The van der Waals surface area contributed by atoms with Crippen molar-refractivity contribution < 1.29 is 0 Å². The van der Waals surface area contributed by atoms with Crippen molar-refractivity contribution in [3.8, 4) is 11.4 Å². The number of aryl methyl sites for hydroxylation is 2. The van der Waals surface area contributed by atoms with E-state index in [2.05, 4.69) is 35.9 Å². The summed E-state index contributed by atoms with van der Waals surface area (Å²) < 4.78 is 0. The van der Waals surface area contributed by atoms with Gasteiger partial charge in [-0.15, -0.1) is 0 Å². The third-order valence-corrected chi connectivity index (χ3v) is 3.16. The highest BCUT2D eigenvalue weighted by Gasteiger charge is 2.23. The molecule has 0 saturated carbocycles. The molecule has 0 spiro atoms. The second kappa shape index (κ2) is 2.89. The molecule has 2 heterocycles. The molecule has 15 heavy (non-hydrogen) atoms. The van der Waals surface area contributed by atoms with Gasteiger partial charge in [-0.3, -0.25) is 9.97 Å². The molecule has 0 fully saturated rings. The lowest BCUT2D eigenvalue weighted by atomic mass is 10.1.